The number of rotatable bonds is 9. The van der Waals surface area contributed by atoms with E-state index in [1.165, 1.54) is 22.8 Å². The number of nitrogens with one attached hydrogen (secondary N) is 2. The SMILES string of the molecule is CNCCCn1c(=O)n(Cc2cc(C)no2)c(=O)c2cc(S(=O)(=O)NC3(C)CC3)ccc21. The lowest BCUT2D eigenvalue weighted by Crippen LogP contribution is -2.41. The van der Waals surface area contributed by atoms with Gasteiger partial charge in [0, 0.05) is 18.2 Å². The summed E-state index contributed by atoms with van der Waals surface area (Å²) in [7, 11) is -1.98. The first-order valence-corrected chi connectivity index (χ1v) is 12.0. The molecule has 0 saturated heterocycles. The van der Waals surface area contributed by atoms with Crippen LogP contribution in [0, 0.1) is 6.92 Å². The number of fused-ring (bicyclic) bond motifs is 1. The van der Waals surface area contributed by atoms with Crippen LogP contribution in [-0.2, 0) is 23.1 Å². The summed E-state index contributed by atoms with van der Waals surface area (Å²) in [4.78, 5) is 26.5. The number of aryl methyl sites for hydroxylation is 2. The molecule has 2 heterocycles. The average Bonchev–Trinajstić information content (AvgIpc) is 3.31. The van der Waals surface area contributed by atoms with Gasteiger partial charge in [-0.2, -0.15) is 0 Å². The molecule has 0 unspecified atom stereocenters. The Balaban J connectivity index is 1.86. The Labute approximate surface area is 185 Å². The van der Waals surface area contributed by atoms with Crippen LogP contribution in [-0.4, -0.2) is 41.8 Å². The molecule has 1 aromatic carbocycles. The maximum absolute atomic E-state index is 13.3. The van der Waals surface area contributed by atoms with Crippen molar-refractivity contribution in [3.63, 3.8) is 0 Å². The molecular weight excluding hydrogens is 434 g/mol. The molecule has 1 aliphatic rings. The number of benzene rings is 1. The van der Waals surface area contributed by atoms with Crippen LogP contribution in [0.5, 0.6) is 0 Å². The first-order chi connectivity index (χ1) is 15.1. The maximum atomic E-state index is 13.3. The predicted molar refractivity (Wildman–Crippen MR) is 119 cm³/mol. The second-order valence-electron chi connectivity index (χ2n) is 8.56. The lowest BCUT2D eigenvalue weighted by atomic mass is 10.2. The molecular formula is C21H27N5O5S. The molecule has 172 valence electrons. The normalized spacial score (nSPS) is 15.3. The molecule has 32 heavy (non-hydrogen) atoms. The summed E-state index contributed by atoms with van der Waals surface area (Å²) in [5.74, 6) is 0.370. The topological polar surface area (TPSA) is 128 Å². The number of hydrogen-bond acceptors (Lipinski definition) is 7. The van der Waals surface area contributed by atoms with E-state index in [2.05, 4.69) is 15.2 Å². The van der Waals surface area contributed by atoms with Gasteiger partial charge in [-0.15, -0.1) is 0 Å². The minimum Gasteiger partial charge on any atom is -0.359 e. The highest BCUT2D eigenvalue weighted by molar-refractivity contribution is 7.89. The van der Waals surface area contributed by atoms with Crippen molar-refractivity contribution in [3.8, 4) is 0 Å². The van der Waals surface area contributed by atoms with Gasteiger partial charge < -0.3 is 9.84 Å². The van der Waals surface area contributed by atoms with Crippen molar-refractivity contribution < 1.29 is 12.9 Å². The molecule has 0 atom stereocenters. The van der Waals surface area contributed by atoms with Gasteiger partial charge in [-0.1, -0.05) is 5.16 Å². The minimum atomic E-state index is -3.80. The maximum Gasteiger partial charge on any atom is 0.331 e. The third-order valence-corrected chi connectivity index (χ3v) is 7.32. The molecule has 0 aliphatic heterocycles. The van der Waals surface area contributed by atoms with Crippen LogP contribution in [0.15, 0.2) is 43.3 Å². The molecule has 1 fully saturated rings. The smallest absolute Gasteiger partial charge is 0.331 e. The summed E-state index contributed by atoms with van der Waals surface area (Å²) in [6, 6.07) is 5.97. The lowest BCUT2D eigenvalue weighted by molar-refractivity contribution is 0.368. The van der Waals surface area contributed by atoms with E-state index in [1.54, 1.807) is 13.0 Å². The number of nitrogens with zero attached hydrogens (tertiary/aromatic N) is 3. The van der Waals surface area contributed by atoms with Crippen molar-refractivity contribution in [1.29, 1.82) is 0 Å². The van der Waals surface area contributed by atoms with Crippen LogP contribution in [0.25, 0.3) is 10.9 Å². The highest BCUT2D eigenvalue weighted by atomic mass is 32.2. The standard InChI is InChI=1S/C21H27N5O5S/c1-14-11-15(31-23-14)13-26-19(27)17-12-16(32(29,30)24-21(2)7-8-21)5-6-18(17)25(20(26)28)10-4-9-22-3/h5-6,11-12,22,24H,4,7-10,13H2,1-3H3. The molecule has 1 aliphatic carbocycles. The largest absolute Gasteiger partial charge is 0.359 e. The van der Waals surface area contributed by atoms with Crippen molar-refractivity contribution in [2.75, 3.05) is 13.6 Å². The zero-order valence-electron chi connectivity index (χ0n) is 18.3. The molecule has 0 amide bonds. The van der Waals surface area contributed by atoms with Crippen LogP contribution in [0.1, 0.15) is 37.6 Å². The lowest BCUT2D eigenvalue weighted by Gasteiger charge is -2.16. The van der Waals surface area contributed by atoms with Crippen LogP contribution in [0.2, 0.25) is 0 Å². The molecule has 11 heteroatoms. The van der Waals surface area contributed by atoms with Crippen molar-refractivity contribution in [2.45, 2.75) is 56.6 Å². The van der Waals surface area contributed by atoms with E-state index in [4.69, 9.17) is 4.52 Å². The summed E-state index contributed by atoms with van der Waals surface area (Å²) in [6.07, 6.45) is 2.20. The van der Waals surface area contributed by atoms with Gasteiger partial charge in [0.1, 0.15) is 0 Å². The van der Waals surface area contributed by atoms with E-state index in [9.17, 15) is 18.0 Å². The monoisotopic (exact) mass is 461 g/mol. The van der Waals surface area contributed by atoms with Crippen molar-refractivity contribution in [3.05, 3.63) is 56.6 Å². The van der Waals surface area contributed by atoms with Crippen LogP contribution >= 0.6 is 0 Å². The Hall–Kier alpha value is -2.76. The van der Waals surface area contributed by atoms with E-state index >= 15 is 0 Å². The third kappa shape index (κ3) is 4.41. The molecule has 0 spiro atoms. The Morgan fingerprint density at radius 1 is 1.19 bits per heavy atom. The Kier molecular flexibility index (Phi) is 5.82. The fraction of sp³-hybridized carbons (Fsp3) is 0.476. The van der Waals surface area contributed by atoms with Crippen LogP contribution < -0.4 is 21.3 Å². The summed E-state index contributed by atoms with van der Waals surface area (Å²) in [6.45, 7) is 4.56. The van der Waals surface area contributed by atoms with Crippen molar-refractivity contribution in [2.24, 2.45) is 0 Å². The zero-order chi connectivity index (χ0) is 23.1. The summed E-state index contributed by atoms with van der Waals surface area (Å²) >= 11 is 0. The first kappa shape index (κ1) is 22.4. The average molecular weight is 462 g/mol. The zero-order valence-corrected chi connectivity index (χ0v) is 19.2. The van der Waals surface area contributed by atoms with E-state index in [0.29, 0.717) is 36.5 Å². The Morgan fingerprint density at radius 3 is 2.56 bits per heavy atom. The van der Waals surface area contributed by atoms with E-state index in [-0.39, 0.29) is 16.8 Å². The second-order valence-corrected chi connectivity index (χ2v) is 10.2. The quantitative estimate of drug-likeness (QED) is 0.454. The van der Waals surface area contributed by atoms with Gasteiger partial charge >= 0.3 is 5.69 Å². The Bertz CT molecular complexity index is 1380. The van der Waals surface area contributed by atoms with Gasteiger partial charge in [0.2, 0.25) is 10.0 Å². The van der Waals surface area contributed by atoms with Crippen LogP contribution in [0.4, 0.5) is 0 Å². The van der Waals surface area contributed by atoms with Crippen molar-refractivity contribution in [1.82, 2.24) is 24.3 Å². The van der Waals surface area contributed by atoms with Crippen molar-refractivity contribution >= 4 is 20.9 Å². The minimum absolute atomic E-state index is 0.00212. The fourth-order valence-electron chi connectivity index (χ4n) is 3.66. The van der Waals surface area contributed by atoms with Gasteiger partial charge in [-0.05, 0) is 64.9 Å². The molecule has 2 N–H and O–H groups in total. The fourth-order valence-corrected chi connectivity index (χ4v) is 5.15. The molecule has 4 rings (SSSR count). The number of sulfonamides is 1. The molecule has 0 radical (unpaired) electrons. The van der Waals surface area contributed by atoms with E-state index < -0.39 is 26.8 Å². The van der Waals surface area contributed by atoms with Gasteiger partial charge in [0.05, 0.1) is 28.0 Å². The van der Waals surface area contributed by atoms with Gasteiger partial charge in [0.15, 0.2) is 5.76 Å². The summed E-state index contributed by atoms with van der Waals surface area (Å²) < 4.78 is 36.2. The molecule has 1 saturated carbocycles. The first-order valence-electron chi connectivity index (χ1n) is 10.5. The predicted octanol–water partition coefficient (Wildman–Crippen LogP) is 0.948. The van der Waals surface area contributed by atoms with E-state index in [1.807, 2.05) is 14.0 Å². The summed E-state index contributed by atoms with van der Waals surface area (Å²) in [5, 5.41) is 7.01. The van der Waals surface area contributed by atoms with E-state index in [0.717, 1.165) is 17.4 Å². The summed E-state index contributed by atoms with van der Waals surface area (Å²) in [5.41, 5.74) is -0.455. The second kappa shape index (κ2) is 8.30. The van der Waals surface area contributed by atoms with Gasteiger partial charge in [0.25, 0.3) is 5.56 Å². The third-order valence-electron chi connectivity index (χ3n) is 5.69. The highest BCUT2D eigenvalue weighted by Crippen LogP contribution is 2.36. The molecule has 3 aromatic rings. The molecule has 10 nitrogen and oxygen atoms in total. The number of hydrogen-bond donors (Lipinski definition) is 2. The van der Waals surface area contributed by atoms with Gasteiger partial charge in [-0.25, -0.2) is 17.9 Å². The molecule has 0 bridgehead atoms. The highest BCUT2D eigenvalue weighted by Gasteiger charge is 2.41. The Morgan fingerprint density at radius 2 is 1.94 bits per heavy atom. The van der Waals surface area contributed by atoms with Gasteiger partial charge in [-0.3, -0.25) is 13.9 Å². The molecule has 2 aromatic heterocycles. The van der Waals surface area contributed by atoms with Crippen LogP contribution in [0.3, 0.4) is 0 Å². The number of aromatic nitrogens is 3.